The SMILES string of the molecule is CN(Cc1ccc2c(c1)CCC21OCCO1)C(=O)OC(C)(C)C. The number of aryl methyl sites for hydroxylation is 1. The first-order valence-electron chi connectivity index (χ1n) is 8.13. The molecule has 1 heterocycles. The summed E-state index contributed by atoms with van der Waals surface area (Å²) in [5, 5.41) is 0. The Balaban J connectivity index is 1.70. The number of ether oxygens (including phenoxy) is 3. The molecule has 5 nitrogen and oxygen atoms in total. The zero-order valence-corrected chi connectivity index (χ0v) is 14.3. The molecule has 3 rings (SSSR count). The molecular formula is C18H25NO4. The highest BCUT2D eigenvalue weighted by molar-refractivity contribution is 5.67. The summed E-state index contributed by atoms with van der Waals surface area (Å²) in [6.45, 7) is 7.45. The summed E-state index contributed by atoms with van der Waals surface area (Å²) >= 11 is 0. The summed E-state index contributed by atoms with van der Waals surface area (Å²) < 4.78 is 17.1. The van der Waals surface area contributed by atoms with Crippen LogP contribution >= 0.6 is 0 Å². The van der Waals surface area contributed by atoms with Crippen LogP contribution in [0.3, 0.4) is 0 Å². The van der Waals surface area contributed by atoms with Crippen LogP contribution < -0.4 is 0 Å². The molecule has 1 amide bonds. The Bertz CT molecular complexity index is 600. The normalized spacial score (nSPS) is 19.0. The minimum atomic E-state index is -0.523. The highest BCUT2D eigenvalue weighted by Crippen LogP contribution is 2.43. The van der Waals surface area contributed by atoms with Gasteiger partial charge in [0.15, 0.2) is 5.79 Å². The zero-order valence-electron chi connectivity index (χ0n) is 14.3. The van der Waals surface area contributed by atoms with Crippen LogP contribution in [0.5, 0.6) is 0 Å². The largest absolute Gasteiger partial charge is 0.444 e. The molecule has 0 aromatic heterocycles. The number of nitrogens with zero attached hydrogens (tertiary/aromatic N) is 1. The van der Waals surface area contributed by atoms with Crippen molar-refractivity contribution < 1.29 is 19.0 Å². The molecule has 0 atom stereocenters. The summed E-state index contributed by atoms with van der Waals surface area (Å²) in [5.74, 6) is -0.523. The lowest BCUT2D eigenvalue weighted by Gasteiger charge is -2.25. The first-order chi connectivity index (χ1) is 10.8. The van der Waals surface area contributed by atoms with Gasteiger partial charge in [-0.25, -0.2) is 4.79 Å². The Morgan fingerprint density at radius 2 is 2.00 bits per heavy atom. The van der Waals surface area contributed by atoms with Gasteiger partial charge in [0.1, 0.15) is 5.60 Å². The number of hydrogen-bond donors (Lipinski definition) is 0. The number of benzene rings is 1. The third-order valence-corrected chi connectivity index (χ3v) is 4.18. The van der Waals surface area contributed by atoms with E-state index in [1.165, 1.54) is 5.56 Å². The van der Waals surface area contributed by atoms with E-state index in [0.29, 0.717) is 19.8 Å². The second-order valence-electron chi connectivity index (χ2n) is 7.28. The van der Waals surface area contributed by atoms with Crippen molar-refractivity contribution in [2.24, 2.45) is 0 Å². The number of carbonyl (C=O) groups is 1. The lowest BCUT2D eigenvalue weighted by atomic mass is 10.0. The van der Waals surface area contributed by atoms with Gasteiger partial charge in [-0.05, 0) is 38.3 Å². The first kappa shape index (κ1) is 16.3. The second kappa shape index (κ2) is 5.80. The van der Waals surface area contributed by atoms with Crippen molar-refractivity contribution in [1.29, 1.82) is 0 Å². The third-order valence-electron chi connectivity index (χ3n) is 4.18. The van der Waals surface area contributed by atoms with Gasteiger partial charge in [-0.2, -0.15) is 0 Å². The fourth-order valence-electron chi connectivity index (χ4n) is 3.19. The maximum atomic E-state index is 12.1. The molecule has 0 saturated carbocycles. The topological polar surface area (TPSA) is 48.0 Å². The van der Waals surface area contributed by atoms with Crippen LogP contribution in [0, 0.1) is 0 Å². The van der Waals surface area contributed by atoms with Gasteiger partial charge in [-0.15, -0.1) is 0 Å². The Kier molecular flexibility index (Phi) is 4.10. The fourth-order valence-corrected chi connectivity index (χ4v) is 3.19. The number of fused-ring (bicyclic) bond motifs is 2. The van der Waals surface area contributed by atoms with Crippen molar-refractivity contribution in [3.05, 3.63) is 34.9 Å². The van der Waals surface area contributed by atoms with Crippen LogP contribution in [0.15, 0.2) is 18.2 Å². The average molecular weight is 319 g/mol. The Labute approximate surface area is 137 Å². The molecule has 126 valence electrons. The van der Waals surface area contributed by atoms with Gasteiger partial charge in [0, 0.05) is 25.6 Å². The molecule has 0 radical (unpaired) electrons. The van der Waals surface area contributed by atoms with E-state index in [2.05, 4.69) is 12.1 Å². The first-order valence-corrected chi connectivity index (χ1v) is 8.13. The van der Waals surface area contributed by atoms with Crippen LogP contribution in [0.25, 0.3) is 0 Å². The van der Waals surface area contributed by atoms with E-state index < -0.39 is 11.4 Å². The monoisotopic (exact) mass is 319 g/mol. The van der Waals surface area contributed by atoms with Crippen molar-refractivity contribution in [1.82, 2.24) is 4.90 Å². The minimum Gasteiger partial charge on any atom is -0.444 e. The predicted molar refractivity (Wildman–Crippen MR) is 86.0 cm³/mol. The maximum Gasteiger partial charge on any atom is 0.410 e. The Morgan fingerprint density at radius 3 is 2.65 bits per heavy atom. The van der Waals surface area contributed by atoms with Crippen LogP contribution in [0.2, 0.25) is 0 Å². The quantitative estimate of drug-likeness (QED) is 0.840. The van der Waals surface area contributed by atoms with Gasteiger partial charge >= 0.3 is 6.09 Å². The van der Waals surface area contributed by atoms with Gasteiger partial charge in [0.05, 0.1) is 13.2 Å². The summed E-state index contributed by atoms with van der Waals surface area (Å²) in [6.07, 6.45) is 1.50. The number of hydrogen-bond acceptors (Lipinski definition) is 4. The molecule has 2 aliphatic rings. The van der Waals surface area contributed by atoms with E-state index in [1.54, 1.807) is 11.9 Å². The molecule has 5 heteroatoms. The van der Waals surface area contributed by atoms with Gasteiger partial charge in [0.2, 0.25) is 0 Å². The van der Waals surface area contributed by atoms with Crippen molar-refractivity contribution in [2.75, 3.05) is 20.3 Å². The molecule has 0 unspecified atom stereocenters. The van der Waals surface area contributed by atoms with Crippen LogP contribution in [-0.2, 0) is 33.0 Å². The van der Waals surface area contributed by atoms with E-state index in [1.807, 2.05) is 26.8 Å². The lowest BCUT2D eigenvalue weighted by Crippen LogP contribution is -2.33. The number of carbonyl (C=O) groups excluding carboxylic acids is 1. The van der Waals surface area contributed by atoms with Gasteiger partial charge < -0.3 is 19.1 Å². The minimum absolute atomic E-state index is 0.308. The molecule has 23 heavy (non-hydrogen) atoms. The highest BCUT2D eigenvalue weighted by atomic mass is 16.7. The van der Waals surface area contributed by atoms with E-state index >= 15 is 0 Å². The zero-order chi connectivity index (χ0) is 16.7. The molecule has 1 spiro atoms. The Morgan fingerprint density at radius 1 is 1.30 bits per heavy atom. The van der Waals surface area contributed by atoms with Gasteiger partial charge in [0.25, 0.3) is 0 Å². The highest BCUT2D eigenvalue weighted by Gasteiger charge is 2.44. The smallest absolute Gasteiger partial charge is 0.410 e. The number of amides is 1. The lowest BCUT2D eigenvalue weighted by molar-refractivity contribution is -0.163. The van der Waals surface area contributed by atoms with Gasteiger partial charge in [-0.1, -0.05) is 18.2 Å². The van der Waals surface area contributed by atoms with Gasteiger partial charge in [-0.3, -0.25) is 0 Å². The fraction of sp³-hybridized carbons (Fsp3) is 0.611. The van der Waals surface area contributed by atoms with E-state index in [0.717, 1.165) is 24.0 Å². The average Bonchev–Trinajstić information content (AvgIpc) is 3.06. The summed E-state index contributed by atoms with van der Waals surface area (Å²) in [4.78, 5) is 13.7. The molecule has 1 aliphatic heterocycles. The Hall–Kier alpha value is -1.59. The van der Waals surface area contributed by atoms with Crippen LogP contribution in [0.4, 0.5) is 4.79 Å². The maximum absolute atomic E-state index is 12.1. The van der Waals surface area contributed by atoms with Crippen molar-refractivity contribution in [3.63, 3.8) is 0 Å². The van der Waals surface area contributed by atoms with Crippen molar-refractivity contribution in [3.8, 4) is 0 Å². The summed E-state index contributed by atoms with van der Waals surface area (Å²) in [5.41, 5.74) is 3.00. The van der Waals surface area contributed by atoms with Crippen molar-refractivity contribution in [2.45, 2.75) is 51.5 Å². The molecular weight excluding hydrogens is 294 g/mol. The molecule has 1 aromatic rings. The van der Waals surface area contributed by atoms with E-state index in [9.17, 15) is 4.79 Å². The summed E-state index contributed by atoms with van der Waals surface area (Å²) in [6, 6.07) is 6.26. The van der Waals surface area contributed by atoms with E-state index in [4.69, 9.17) is 14.2 Å². The van der Waals surface area contributed by atoms with Crippen LogP contribution in [0.1, 0.15) is 43.9 Å². The second-order valence-corrected chi connectivity index (χ2v) is 7.28. The predicted octanol–water partition coefficient (Wildman–Crippen LogP) is 3.20. The van der Waals surface area contributed by atoms with Crippen molar-refractivity contribution >= 4 is 6.09 Å². The molecule has 1 aromatic carbocycles. The summed E-state index contributed by atoms with van der Waals surface area (Å²) in [7, 11) is 1.76. The molecule has 1 aliphatic carbocycles. The van der Waals surface area contributed by atoms with E-state index in [-0.39, 0.29) is 6.09 Å². The molecule has 0 N–H and O–H groups in total. The standard InChI is InChI=1S/C18H25NO4/c1-17(2,3)23-16(20)19(4)12-13-5-6-15-14(11-13)7-8-18(15)21-9-10-22-18/h5-6,11H,7-10,12H2,1-4H3. The molecule has 0 bridgehead atoms. The van der Waals surface area contributed by atoms with Crippen LogP contribution in [-0.4, -0.2) is 36.9 Å². The molecule has 1 saturated heterocycles. The number of rotatable bonds is 2. The third kappa shape index (κ3) is 3.35. The molecule has 1 fully saturated rings.